The SMILES string of the molecule is C[Si](C)(C)/C(C#Cc1ccsc1)=N/N. The average molecular weight is 222 g/mol. The van der Waals surface area contributed by atoms with Crippen LogP contribution in [-0.2, 0) is 0 Å². The number of nitrogens with zero attached hydrogens (tertiary/aromatic N) is 1. The molecule has 74 valence electrons. The van der Waals surface area contributed by atoms with Crippen LogP contribution in [0.2, 0.25) is 19.6 Å². The van der Waals surface area contributed by atoms with Crippen molar-refractivity contribution in [2.75, 3.05) is 0 Å². The van der Waals surface area contributed by atoms with Gasteiger partial charge in [-0.1, -0.05) is 25.6 Å². The van der Waals surface area contributed by atoms with E-state index in [2.05, 4.69) is 36.6 Å². The van der Waals surface area contributed by atoms with E-state index in [0.29, 0.717) is 0 Å². The molecule has 0 spiro atoms. The smallest absolute Gasteiger partial charge is 0.115 e. The molecule has 1 rings (SSSR count). The lowest BCUT2D eigenvalue weighted by molar-refractivity contribution is 1.26. The van der Waals surface area contributed by atoms with Crippen molar-refractivity contribution in [3.05, 3.63) is 22.4 Å². The zero-order valence-electron chi connectivity index (χ0n) is 8.66. The Labute approximate surface area is 89.8 Å². The molecule has 0 aliphatic carbocycles. The van der Waals surface area contributed by atoms with Gasteiger partial charge in [0.25, 0.3) is 0 Å². The second-order valence-corrected chi connectivity index (χ2v) is 9.74. The summed E-state index contributed by atoms with van der Waals surface area (Å²) in [5, 5.41) is 8.66. The molecule has 0 aromatic carbocycles. The second-order valence-electron chi connectivity index (χ2n) is 3.99. The first-order valence-electron chi connectivity index (χ1n) is 4.36. The lowest BCUT2D eigenvalue weighted by atomic mass is 10.3. The molecule has 0 saturated heterocycles. The van der Waals surface area contributed by atoms with Crippen LogP contribution in [0.5, 0.6) is 0 Å². The van der Waals surface area contributed by atoms with Crippen molar-refractivity contribution >= 4 is 24.7 Å². The summed E-state index contributed by atoms with van der Waals surface area (Å²) in [5.41, 5.74) is 1.04. The largest absolute Gasteiger partial charge is 0.323 e. The molecule has 0 unspecified atom stereocenters. The van der Waals surface area contributed by atoms with Crippen molar-refractivity contribution in [3.8, 4) is 11.8 Å². The lowest BCUT2D eigenvalue weighted by Gasteiger charge is -2.12. The summed E-state index contributed by atoms with van der Waals surface area (Å²) in [6.45, 7) is 6.54. The Morgan fingerprint density at radius 1 is 1.50 bits per heavy atom. The minimum absolute atomic E-state index is 0.865. The first kappa shape index (κ1) is 11.0. The molecule has 0 bridgehead atoms. The second kappa shape index (κ2) is 4.44. The van der Waals surface area contributed by atoms with Crippen LogP contribution in [0.15, 0.2) is 21.9 Å². The summed E-state index contributed by atoms with van der Waals surface area (Å²) in [6.07, 6.45) is 0. The van der Waals surface area contributed by atoms with Crippen LogP contribution < -0.4 is 5.84 Å². The number of nitrogens with two attached hydrogens (primary N) is 1. The van der Waals surface area contributed by atoms with Crippen molar-refractivity contribution in [2.45, 2.75) is 19.6 Å². The molecule has 0 aliphatic rings. The van der Waals surface area contributed by atoms with E-state index < -0.39 is 8.07 Å². The third kappa shape index (κ3) is 3.02. The highest BCUT2D eigenvalue weighted by atomic mass is 32.1. The average Bonchev–Trinajstić information content (AvgIpc) is 2.55. The molecule has 4 heteroatoms. The van der Waals surface area contributed by atoms with E-state index in [-0.39, 0.29) is 0 Å². The topological polar surface area (TPSA) is 38.4 Å². The van der Waals surface area contributed by atoms with E-state index in [1.54, 1.807) is 11.3 Å². The highest BCUT2D eigenvalue weighted by Crippen LogP contribution is 2.05. The van der Waals surface area contributed by atoms with Gasteiger partial charge >= 0.3 is 0 Å². The van der Waals surface area contributed by atoms with Gasteiger partial charge in [-0.15, -0.1) is 0 Å². The summed E-state index contributed by atoms with van der Waals surface area (Å²) in [6, 6.07) is 2.00. The molecular weight excluding hydrogens is 208 g/mol. The van der Waals surface area contributed by atoms with Crippen molar-refractivity contribution in [1.82, 2.24) is 0 Å². The third-order valence-electron chi connectivity index (χ3n) is 1.69. The zero-order chi connectivity index (χ0) is 10.6. The van der Waals surface area contributed by atoms with Gasteiger partial charge in [0.1, 0.15) is 8.07 Å². The molecule has 0 amide bonds. The number of thiophene rings is 1. The van der Waals surface area contributed by atoms with Gasteiger partial charge in [-0.3, -0.25) is 0 Å². The number of hydrogen-bond acceptors (Lipinski definition) is 3. The maximum Gasteiger partial charge on any atom is 0.115 e. The van der Waals surface area contributed by atoms with E-state index in [1.807, 2.05) is 16.8 Å². The quantitative estimate of drug-likeness (QED) is 0.256. The predicted octanol–water partition coefficient (Wildman–Crippen LogP) is 2.29. The highest BCUT2D eigenvalue weighted by molar-refractivity contribution is 7.08. The Bertz CT molecular complexity index is 376. The number of rotatable bonds is 1. The first-order valence-corrected chi connectivity index (χ1v) is 8.81. The molecule has 2 nitrogen and oxygen atoms in total. The standard InChI is InChI=1S/C10H14N2SSi/c1-14(2,3)10(12-11)5-4-9-6-7-13-8-9/h6-8H,11H2,1-3H3/b12-10+. The lowest BCUT2D eigenvalue weighted by Crippen LogP contribution is -2.33. The first-order chi connectivity index (χ1) is 6.54. The molecule has 0 fully saturated rings. The number of hydrazone groups is 1. The van der Waals surface area contributed by atoms with E-state index >= 15 is 0 Å². The van der Waals surface area contributed by atoms with Crippen LogP contribution in [0.1, 0.15) is 5.56 Å². The van der Waals surface area contributed by atoms with Crippen molar-refractivity contribution in [3.63, 3.8) is 0 Å². The van der Waals surface area contributed by atoms with E-state index in [9.17, 15) is 0 Å². The molecule has 1 heterocycles. The van der Waals surface area contributed by atoms with Gasteiger partial charge in [0.15, 0.2) is 0 Å². The predicted molar refractivity (Wildman–Crippen MR) is 66.2 cm³/mol. The Morgan fingerprint density at radius 2 is 2.21 bits per heavy atom. The van der Waals surface area contributed by atoms with E-state index in [1.165, 1.54) is 0 Å². The van der Waals surface area contributed by atoms with Gasteiger partial charge < -0.3 is 5.84 Å². The Morgan fingerprint density at radius 3 is 2.64 bits per heavy atom. The van der Waals surface area contributed by atoms with Gasteiger partial charge in [0.05, 0.1) is 5.33 Å². The molecule has 1 aromatic rings. The van der Waals surface area contributed by atoms with Crippen LogP contribution in [-0.4, -0.2) is 13.4 Å². The molecule has 1 aromatic heterocycles. The zero-order valence-corrected chi connectivity index (χ0v) is 10.5. The molecular formula is C10H14N2SSi. The Hall–Kier alpha value is -1.05. The van der Waals surface area contributed by atoms with Gasteiger partial charge in [-0.05, 0) is 17.4 Å². The fourth-order valence-electron chi connectivity index (χ4n) is 0.880. The van der Waals surface area contributed by atoms with E-state index in [0.717, 1.165) is 10.9 Å². The van der Waals surface area contributed by atoms with Crippen molar-refractivity contribution < 1.29 is 0 Å². The molecule has 2 N–H and O–H groups in total. The molecule has 0 radical (unpaired) electrons. The highest BCUT2D eigenvalue weighted by Gasteiger charge is 2.19. The fourth-order valence-corrected chi connectivity index (χ4v) is 2.29. The minimum atomic E-state index is -1.47. The summed E-state index contributed by atoms with van der Waals surface area (Å²) in [7, 11) is -1.47. The maximum atomic E-state index is 5.32. The van der Waals surface area contributed by atoms with Gasteiger partial charge in [-0.2, -0.15) is 16.4 Å². The van der Waals surface area contributed by atoms with Crippen LogP contribution in [0.3, 0.4) is 0 Å². The van der Waals surface area contributed by atoms with Gasteiger partial charge in [0.2, 0.25) is 0 Å². The normalized spacial score (nSPS) is 12.1. The summed E-state index contributed by atoms with van der Waals surface area (Å²) in [4.78, 5) is 0. The summed E-state index contributed by atoms with van der Waals surface area (Å²) < 4.78 is 0. The summed E-state index contributed by atoms with van der Waals surface area (Å²) >= 11 is 1.64. The van der Waals surface area contributed by atoms with Gasteiger partial charge in [-0.25, -0.2) is 0 Å². The Kier molecular flexibility index (Phi) is 3.50. The van der Waals surface area contributed by atoms with Crippen molar-refractivity contribution in [2.24, 2.45) is 10.9 Å². The molecule has 0 aliphatic heterocycles. The number of hydrogen-bond donors (Lipinski definition) is 1. The molecule has 14 heavy (non-hydrogen) atoms. The third-order valence-corrected chi connectivity index (χ3v) is 4.04. The van der Waals surface area contributed by atoms with Crippen LogP contribution in [0, 0.1) is 11.8 Å². The minimum Gasteiger partial charge on any atom is -0.323 e. The maximum absolute atomic E-state index is 5.32. The monoisotopic (exact) mass is 222 g/mol. The molecule has 0 saturated carbocycles. The van der Waals surface area contributed by atoms with Crippen LogP contribution in [0.4, 0.5) is 0 Å². The molecule has 0 atom stereocenters. The van der Waals surface area contributed by atoms with E-state index in [4.69, 9.17) is 5.84 Å². The van der Waals surface area contributed by atoms with Crippen molar-refractivity contribution in [1.29, 1.82) is 0 Å². The van der Waals surface area contributed by atoms with Crippen LogP contribution in [0.25, 0.3) is 0 Å². The van der Waals surface area contributed by atoms with Crippen LogP contribution >= 0.6 is 11.3 Å². The van der Waals surface area contributed by atoms with Gasteiger partial charge in [0, 0.05) is 10.9 Å². The fraction of sp³-hybridized carbons (Fsp3) is 0.300. The summed E-state index contributed by atoms with van der Waals surface area (Å²) in [5.74, 6) is 11.4. The Balaban J connectivity index is 2.87.